The number of nitrogens with zero attached hydrogens (tertiary/aromatic N) is 2. The maximum Gasteiger partial charge on any atom is 0.338 e. The molecule has 2 heterocycles. The average molecular weight is 247 g/mol. The van der Waals surface area contributed by atoms with Crippen molar-refractivity contribution in [2.45, 2.75) is 25.8 Å². The molecule has 0 bridgehead atoms. The fourth-order valence-electron chi connectivity index (χ4n) is 1.69. The van der Waals surface area contributed by atoms with E-state index in [-0.39, 0.29) is 23.0 Å². The molecule has 0 radical (unpaired) electrons. The van der Waals surface area contributed by atoms with Gasteiger partial charge in [-0.25, -0.2) is 9.79 Å². The van der Waals surface area contributed by atoms with Gasteiger partial charge in [0.05, 0.1) is 5.56 Å². The molecule has 1 aromatic heterocycles. The molecule has 0 unspecified atom stereocenters. The van der Waals surface area contributed by atoms with Crippen LogP contribution >= 0.6 is 0 Å². The van der Waals surface area contributed by atoms with Crippen molar-refractivity contribution in [1.29, 1.82) is 0 Å². The number of aliphatic imine (C=N–C) groups is 1. The van der Waals surface area contributed by atoms with Gasteiger partial charge in [-0.05, 0) is 25.5 Å². The first-order valence-electron chi connectivity index (χ1n) is 5.58. The standard InChI is InChI=1S/C12H13N3O3/c1-3-12(2)11(18)14-9(15-12)8-7(10(16)17)5-4-6-13-8/h4-6H,3H2,1-2H3,(H,16,17)(H,14,15,18)/t12-/m0/s1. The van der Waals surface area contributed by atoms with E-state index < -0.39 is 11.5 Å². The van der Waals surface area contributed by atoms with E-state index >= 15 is 0 Å². The van der Waals surface area contributed by atoms with Crippen molar-refractivity contribution < 1.29 is 14.7 Å². The number of nitrogens with one attached hydrogen (secondary N) is 1. The Labute approximate surface area is 104 Å². The molecule has 1 aliphatic heterocycles. The quantitative estimate of drug-likeness (QED) is 0.827. The zero-order valence-corrected chi connectivity index (χ0v) is 10.1. The number of hydrogen-bond donors (Lipinski definition) is 2. The van der Waals surface area contributed by atoms with E-state index in [1.165, 1.54) is 18.3 Å². The molecule has 2 N–H and O–H groups in total. The molecule has 0 saturated carbocycles. The van der Waals surface area contributed by atoms with Crippen LogP contribution in [0.1, 0.15) is 36.3 Å². The lowest BCUT2D eigenvalue weighted by Crippen LogP contribution is -2.37. The summed E-state index contributed by atoms with van der Waals surface area (Å²) >= 11 is 0. The Morgan fingerprint density at radius 2 is 2.28 bits per heavy atom. The second-order valence-electron chi connectivity index (χ2n) is 4.25. The Hall–Kier alpha value is -2.24. The van der Waals surface area contributed by atoms with Crippen LogP contribution in [-0.4, -0.2) is 33.3 Å². The molecule has 94 valence electrons. The van der Waals surface area contributed by atoms with Crippen LogP contribution in [0.15, 0.2) is 23.3 Å². The molecule has 0 spiro atoms. The van der Waals surface area contributed by atoms with Gasteiger partial charge in [0.25, 0.3) is 5.91 Å². The number of carbonyl (C=O) groups excluding carboxylic acids is 1. The first kappa shape index (κ1) is 12.2. The Bertz CT molecular complexity index is 553. The van der Waals surface area contributed by atoms with Gasteiger partial charge in [-0.3, -0.25) is 9.78 Å². The summed E-state index contributed by atoms with van der Waals surface area (Å²) in [5.41, 5.74) is -0.629. The molecule has 0 aliphatic carbocycles. The second kappa shape index (κ2) is 4.21. The van der Waals surface area contributed by atoms with Gasteiger partial charge in [-0.15, -0.1) is 0 Å². The number of carboxylic acid groups (broad SMARTS) is 1. The molecule has 0 fully saturated rings. The number of aromatic carboxylic acids is 1. The molecule has 2 rings (SSSR count). The Balaban J connectivity index is 2.49. The Morgan fingerprint density at radius 1 is 1.56 bits per heavy atom. The number of aromatic nitrogens is 1. The minimum absolute atomic E-state index is 0.0249. The van der Waals surface area contributed by atoms with Gasteiger partial charge < -0.3 is 10.4 Å². The molecular formula is C12H13N3O3. The summed E-state index contributed by atoms with van der Waals surface area (Å²) in [4.78, 5) is 31.1. The van der Waals surface area contributed by atoms with Gasteiger partial charge >= 0.3 is 5.97 Å². The van der Waals surface area contributed by atoms with Gasteiger partial charge in [0.15, 0.2) is 5.84 Å². The lowest BCUT2D eigenvalue weighted by Gasteiger charge is -2.13. The highest BCUT2D eigenvalue weighted by Gasteiger charge is 2.38. The molecule has 0 aromatic carbocycles. The smallest absolute Gasteiger partial charge is 0.338 e. The molecule has 6 nitrogen and oxygen atoms in total. The van der Waals surface area contributed by atoms with E-state index in [0.29, 0.717) is 6.42 Å². The Morgan fingerprint density at radius 3 is 2.83 bits per heavy atom. The second-order valence-corrected chi connectivity index (χ2v) is 4.25. The van der Waals surface area contributed by atoms with Crippen LogP contribution in [0.3, 0.4) is 0 Å². The predicted octanol–water partition coefficient (Wildman–Crippen LogP) is 0.825. The topological polar surface area (TPSA) is 91.7 Å². The molecule has 1 amide bonds. The maximum absolute atomic E-state index is 11.8. The number of pyridine rings is 1. The van der Waals surface area contributed by atoms with E-state index in [1.807, 2.05) is 6.92 Å². The first-order valence-corrected chi connectivity index (χ1v) is 5.58. The van der Waals surface area contributed by atoms with Crippen molar-refractivity contribution in [2.24, 2.45) is 4.99 Å². The van der Waals surface area contributed by atoms with Gasteiger partial charge in [-0.1, -0.05) is 6.92 Å². The fourth-order valence-corrected chi connectivity index (χ4v) is 1.69. The average Bonchev–Trinajstić information content (AvgIpc) is 2.66. The molecule has 1 atom stereocenters. The largest absolute Gasteiger partial charge is 0.478 e. The van der Waals surface area contributed by atoms with Gasteiger partial charge in [0, 0.05) is 6.20 Å². The third kappa shape index (κ3) is 1.85. The summed E-state index contributed by atoms with van der Waals surface area (Å²) < 4.78 is 0. The van der Waals surface area contributed by atoms with Crippen molar-refractivity contribution in [1.82, 2.24) is 10.3 Å². The number of amidine groups is 1. The van der Waals surface area contributed by atoms with Crippen LogP contribution in [0.2, 0.25) is 0 Å². The first-order chi connectivity index (χ1) is 8.48. The van der Waals surface area contributed by atoms with E-state index in [0.717, 1.165) is 0 Å². The van der Waals surface area contributed by atoms with E-state index in [9.17, 15) is 9.59 Å². The number of carboxylic acids is 1. The molecule has 1 aromatic rings. The van der Waals surface area contributed by atoms with Crippen LogP contribution in [0, 0.1) is 0 Å². The fraction of sp³-hybridized carbons (Fsp3) is 0.333. The number of carbonyl (C=O) groups is 2. The number of rotatable bonds is 3. The minimum Gasteiger partial charge on any atom is -0.478 e. The van der Waals surface area contributed by atoms with Crippen molar-refractivity contribution in [3.05, 3.63) is 29.6 Å². The third-order valence-electron chi connectivity index (χ3n) is 3.03. The highest BCUT2D eigenvalue weighted by atomic mass is 16.4. The SMILES string of the molecule is CC[C@]1(C)N=C(c2ncccc2C(=O)O)NC1=O. The highest BCUT2D eigenvalue weighted by Crippen LogP contribution is 2.22. The van der Waals surface area contributed by atoms with E-state index in [4.69, 9.17) is 5.11 Å². The van der Waals surface area contributed by atoms with Crippen LogP contribution in [0.5, 0.6) is 0 Å². The molecular weight excluding hydrogens is 234 g/mol. The molecule has 6 heteroatoms. The molecule has 1 aliphatic rings. The summed E-state index contributed by atoms with van der Waals surface area (Å²) in [5, 5.41) is 11.7. The molecule has 18 heavy (non-hydrogen) atoms. The monoisotopic (exact) mass is 247 g/mol. The van der Waals surface area contributed by atoms with Crippen LogP contribution in [0.25, 0.3) is 0 Å². The minimum atomic E-state index is -1.10. The lowest BCUT2D eigenvalue weighted by atomic mass is 10.0. The lowest BCUT2D eigenvalue weighted by molar-refractivity contribution is -0.123. The van der Waals surface area contributed by atoms with Crippen molar-refractivity contribution >= 4 is 17.7 Å². The number of hydrogen-bond acceptors (Lipinski definition) is 4. The van der Waals surface area contributed by atoms with Crippen LogP contribution in [0.4, 0.5) is 0 Å². The number of amides is 1. The highest BCUT2D eigenvalue weighted by molar-refractivity contribution is 6.17. The van der Waals surface area contributed by atoms with Crippen molar-refractivity contribution in [3.63, 3.8) is 0 Å². The van der Waals surface area contributed by atoms with Gasteiger partial charge in [-0.2, -0.15) is 0 Å². The summed E-state index contributed by atoms with van der Waals surface area (Å²) in [5.74, 6) is -1.11. The van der Waals surface area contributed by atoms with Crippen molar-refractivity contribution in [2.75, 3.05) is 0 Å². The van der Waals surface area contributed by atoms with Crippen LogP contribution < -0.4 is 5.32 Å². The summed E-state index contributed by atoms with van der Waals surface area (Å²) in [6, 6.07) is 2.96. The Kier molecular flexibility index (Phi) is 2.86. The summed E-state index contributed by atoms with van der Waals surface area (Å²) in [6.07, 6.45) is 2.01. The van der Waals surface area contributed by atoms with E-state index in [2.05, 4.69) is 15.3 Å². The third-order valence-corrected chi connectivity index (χ3v) is 3.03. The zero-order valence-electron chi connectivity index (χ0n) is 10.1. The zero-order chi connectivity index (χ0) is 13.3. The van der Waals surface area contributed by atoms with Gasteiger partial charge in [0.1, 0.15) is 11.2 Å². The maximum atomic E-state index is 11.8. The van der Waals surface area contributed by atoms with Crippen molar-refractivity contribution in [3.8, 4) is 0 Å². The molecule has 0 saturated heterocycles. The van der Waals surface area contributed by atoms with E-state index in [1.54, 1.807) is 6.92 Å². The summed E-state index contributed by atoms with van der Waals surface area (Å²) in [7, 11) is 0. The summed E-state index contributed by atoms with van der Waals surface area (Å²) in [6.45, 7) is 3.56. The van der Waals surface area contributed by atoms with Gasteiger partial charge in [0.2, 0.25) is 0 Å². The predicted molar refractivity (Wildman–Crippen MR) is 64.6 cm³/mol. The normalized spacial score (nSPS) is 22.6. The van der Waals surface area contributed by atoms with Crippen LogP contribution in [-0.2, 0) is 4.79 Å².